The lowest BCUT2D eigenvalue weighted by Gasteiger charge is -2.33. The van der Waals surface area contributed by atoms with Crippen LogP contribution in [0.1, 0.15) is 36.8 Å². The number of likely N-dealkylation sites (tertiary alicyclic amines) is 1. The second-order valence-electron chi connectivity index (χ2n) is 7.21. The molecule has 158 valence electrons. The number of hydrogen-bond donors (Lipinski definition) is 0. The van der Waals surface area contributed by atoms with E-state index in [4.69, 9.17) is 19.3 Å². The number of nitrogens with zero attached hydrogens (tertiary/aromatic N) is 4. The highest BCUT2D eigenvalue weighted by Crippen LogP contribution is 2.31. The van der Waals surface area contributed by atoms with Crippen molar-refractivity contribution in [1.29, 1.82) is 5.26 Å². The summed E-state index contributed by atoms with van der Waals surface area (Å²) in [6, 6.07) is 15.9. The van der Waals surface area contributed by atoms with E-state index in [-0.39, 0.29) is 18.6 Å². The highest BCUT2D eigenvalue weighted by Gasteiger charge is 2.32. The van der Waals surface area contributed by atoms with Gasteiger partial charge in [0.05, 0.1) is 18.7 Å². The summed E-state index contributed by atoms with van der Waals surface area (Å²) in [6.45, 7) is 0.482. The van der Waals surface area contributed by atoms with Crippen molar-refractivity contribution < 1.29 is 18.8 Å². The lowest BCUT2D eigenvalue weighted by Crippen LogP contribution is -2.41. The van der Waals surface area contributed by atoms with Crippen molar-refractivity contribution in [2.45, 2.75) is 25.3 Å². The largest absolute Gasteiger partial charge is 0.497 e. The molecule has 1 fully saturated rings. The van der Waals surface area contributed by atoms with Crippen molar-refractivity contribution in [3.05, 3.63) is 60.0 Å². The Kier molecular flexibility index (Phi) is 6.13. The molecule has 1 aliphatic rings. The zero-order valence-corrected chi connectivity index (χ0v) is 17.2. The Bertz CT molecular complexity index is 1090. The number of piperidine rings is 1. The molecule has 0 unspecified atom stereocenters. The first-order valence-electron chi connectivity index (χ1n) is 10.1. The maximum Gasteiger partial charge on any atom is 0.261 e. The molecule has 2 heterocycles. The summed E-state index contributed by atoms with van der Waals surface area (Å²) in [7, 11) is 1.61. The molecule has 1 aliphatic heterocycles. The predicted molar refractivity (Wildman–Crippen MR) is 111 cm³/mol. The minimum absolute atomic E-state index is 0.120. The molecule has 1 atom stereocenters. The molecule has 8 nitrogen and oxygen atoms in total. The molecule has 1 aromatic heterocycles. The summed E-state index contributed by atoms with van der Waals surface area (Å²) in [5.74, 6) is 1.97. The molecule has 0 saturated carbocycles. The lowest BCUT2D eigenvalue weighted by molar-refractivity contribution is -0.138. The van der Waals surface area contributed by atoms with Crippen LogP contribution in [0, 0.1) is 11.3 Å². The smallest absolute Gasteiger partial charge is 0.261 e. The van der Waals surface area contributed by atoms with Gasteiger partial charge in [0, 0.05) is 12.1 Å². The Morgan fingerprint density at radius 3 is 2.84 bits per heavy atom. The third-order valence-corrected chi connectivity index (χ3v) is 5.22. The third kappa shape index (κ3) is 4.67. The molecule has 0 spiro atoms. The van der Waals surface area contributed by atoms with Gasteiger partial charge in [-0.2, -0.15) is 10.2 Å². The van der Waals surface area contributed by atoms with E-state index in [1.165, 1.54) is 0 Å². The molecule has 0 N–H and O–H groups in total. The number of nitriles is 1. The first-order valence-corrected chi connectivity index (χ1v) is 10.1. The molecule has 4 rings (SSSR count). The van der Waals surface area contributed by atoms with Gasteiger partial charge in [0.25, 0.3) is 5.91 Å². The van der Waals surface area contributed by atoms with E-state index in [1.807, 2.05) is 24.3 Å². The van der Waals surface area contributed by atoms with Crippen molar-refractivity contribution in [3.63, 3.8) is 0 Å². The summed E-state index contributed by atoms with van der Waals surface area (Å²) < 4.78 is 16.3. The Hall–Kier alpha value is -3.86. The zero-order valence-electron chi connectivity index (χ0n) is 17.2. The number of methoxy groups -OCH3 is 1. The number of amides is 1. The van der Waals surface area contributed by atoms with Crippen molar-refractivity contribution in [2.24, 2.45) is 0 Å². The summed E-state index contributed by atoms with van der Waals surface area (Å²) in [4.78, 5) is 19.2. The highest BCUT2D eigenvalue weighted by molar-refractivity contribution is 5.78. The maximum absolute atomic E-state index is 12.9. The monoisotopic (exact) mass is 418 g/mol. The Labute approximate surface area is 180 Å². The van der Waals surface area contributed by atoms with E-state index in [0.29, 0.717) is 29.6 Å². The van der Waals surface area contributed by atoms with E-state index < -0.39 is 0 Å². The zero-order chi connectivity index (χ0) is 21.6. The number of aromatic nitrogens is 2. The minimum atomic E-state index is -0.283. The number of hydrogen-bond acceptors (Lipinski definition) is 7. The van der Waals surface area contributed by atoms with Crippen molar-refractivity contribution in [2.75, 3.05) is 20.3 Å². The molecule has 31 heavy (non-hydrogen) atoms. The number of ether oxygens (including phenoxy) is 2. The maximum atomic E-state index is 12.9. The van der Waals surface area contributed by atoms with Gasteiger partial charge in [-0.25, -0.2) is 0 Å². The SMILES string of the molecule is COc1ccc(-c2noc([C@H]3CCCCN3C(=O)COc3cccc(C#N)c3)n2)cc1. The standard InChI is InChI=1S/C23H22N4O4/c1-29-18-10-8-17(9-11-18)22-25-23(31-26-22)20-7-2-3-12-27(20)21(28)15-30-19-6-4-5-16(13-19)14-24/h4-6,8-11,13,20H,2-3,7,12,15H2,1H3/t20-/m1/s1. The molecular formula is C23H22N4O4. The fourth-order valence-corrected chi connectivity index (χ4v) is 3.60. The van der Waals surface area contributed by atoms with Gasteiger partial charge < -0.3 is 18.9 Å². The van der Waals surface area contributed by atoms with Gasteiger partial charge in [0.15, 0.2) is 6.61 Å². The molecule has 1 saturated heterocycles. The average molecular weight is 418 g/mol. The van der Waals surface area contributed by atoms with Gasteiger partial charge in [0.2, 0.25) is 11.7 Å². The summed E-state index contributed by atoms with van der Waals surface area (Å²) >= 11 is 0. The average Bonchev–Trinajstić information content (AvgIpc) is 3.33. The van der Waals surface area contributed by atoms with Gasteiger partial charge in [-0.15, -0.1) is 0 Å². The lowest BCUT2D eigenvalue weighted by atomic mass is 10.0. The molecule has 0 bridgehead atoms. The first-order chi connectivity index (χ1) is 15.2. The second-order valence-corrected chi connectivity index (χ2v) is 7.21. The van der Waals surface area contributed by atoms with Crippen LogP contribution in [0.4, 0.5) is 0 Å². The summed E-state index contributed by atoms with van der Waals surface area (Å²) in [6.07, 6.45) is 2.63. The fourth-order valence-electron chi connectivity index (χ4n) is 3.60. The van der Waals surface area contributed by atoms with Crippen LogP contribution in [0.3, 0.4) is 0 Å². The number of carbonyl (C=O) groups is 1. The van der Waals surface area contributed by atoms with Gasteiger partial charge in [-0.1, -0.05) is 11.2 Å². The van der Waals surface area contributed by atoms with E-state index in [9.17, 15) is 4.79 Å². The van der Waals surface area contributed by atoms with E-state index in [1.54, 1.807) is 36.3 Å². The molecular weight excluding hydrogens is 396 g/mol. The second kappa shape index (κ2) is 9.30. The fraction of sp³-hybridized carbons (Fsp3) is 0.304. The Morgan fingerprint density at radius 1 is 1.23 bits per heavy atom. The number of carbonyl (C=O) groups excluding carboxylic acids is 1. The van der Waals surface area contributed by atoms with Gasteiger partial charge >= 0.3 is 0 Å². The van der Waals surface area contributed by atoms with Crippen LogP contribution < -0.4 is 9.47 Å². The van der Waals surface area contributed by atoms with Crippen molar-refractivity contribution >= 4 is 5.91 Å². The van der Waals surface area contributed by atoms with Crippen molar-refractivity contribution in [3.8, 4) is 29.0 Å². The molecule has 2 aromatic carbocycles. The predicted octanol–water partition coefficient (Wildman–Crippen LogP) is 3.75. The summed E-state index contributed by atoms with van der Waals surface area (Å²) in [5.41, 5.74) is 1.29. The highest BCUT2D eigenvalue weighted by atomic mass is 16.5. The van der Waals surface area contributed by atoms with Crippen LogP contribution in [-0.2, 0) is 4.79 Å². The van der Waals surface area contributed by atoms with Gasteiger partial charge in [0.1, 0.15) is 17.5 Å². The van der Waals surface area contributed by atoms with E-state index in [2.05, 4.69) is 16.2 Å². The van der Waals surface area contributed by atoms with Crippen LogP contribution >= 0.6 is 0 Å². The van der Waals surface area contributed by atoms with E-state index in [0.717, 1.165) is 30.6 Å². The van der Waals surface area contributed by atoms with Gasteiger partial charge in [-0.05, 0) is 61.7 Å². The third-order valence-electron chi connectivity index (χ3n) is 5.22. The van der Waals surface area contributed by atoms with Crippen molar-refractivity contribution in [1.82, 2.24) is 15.0 Å². The molecule has 3 aromatic rings. The Balaban J connectivity index is 1.46. The topological polar surface area (TPSA) is 101 Å². The minimum Gasteiger partial charge on any atom is -0.497 e. The molecule has 8 heteroatoms. The van der Waals surface area contributed by atoms with Crippen LogP contribution in [0.2, 0.25) is 0 Å². The first kappa shape index (κ1) is 20.4. The number of rotatable bonds is 6. The molecule has 0 radical (unpaired) electrons. The normalized spacial score (nSPS) is 15.9. The molecule has 1 amide bonds. The molecule has 0 aliphatic carbocycles. The quantitative estimate of drug-likeness (QED) is 0.601. The van der Waals surface area contributed by atoms with Crippen LogP contribution in [0.5, 0.6) is 11.5 Å². The van der Waals surface area contributed by atoms with E-state index >= 15 is 0 Å². The van der Waals surface area contributed by atoms with Crippen LogP contribution in [0.25, 0.3) is 11.4 Å². The van der Waals surface area contributed by atoms with Gasteiger partial charge in [-0.3, -0.25) is 4.79 Å². The summed E-state index contributed by atoms with van der Waals surface area (Å²) in [5, 5.41) is 13.1. The Morgan fingerprint density at radius 2 is 2.06 bits per heavy atom. The number of benzene rings is 2. The van der Waals surface area contributed by atoms with Crippen LogP contribution in [0.15, 0.2) is 53.1 Å². The van der Waals surface area contributed by atoms with Crippen LogP contribution in [-0.4, -0.2) is 41.2 Å².